The first-order chi connectivity index (χ1) is 4.39. The van der Waals surface area contributed by atoms with Crippen molar-refractivity contribution >= 4 is 10.0 Å². The minimum Gasteiger partial charge on any atom is -0.329 e. The second-order valence-electron chi connectivity index (χ2n) is 2.61. The minimum absolute atomic E-state index is 0.0139. The zero-order valence-corrected chi connectivity index (χ0v) is 7.06. The predicted molar refractivity (Wildman–Crippen MR) is 40.8 cm³/mol. The number of hydrogen-bond acceptors (Lipinski definition) is 3. The summed E-state index contributed by atoms with van der Waals surface area (Å²) >= 11 is 0. The molecule has 62 valence electrons. The van der Waals surface area contributed by atoms with Crippen molar-refractivity contribution in [1.29, 1.82) is 0 Å². The van der Waals surface area contributed by atoms with E-state index in [-0.39, 0.29) is 12.5 Å². The number of primary sulfonamides is 1. The number of sulfonamides is 1. The molecule has 10 heavy (non-hydrogen) atoms. The lowest BCUT2D eigenvalue weighted by Gasteiger charge is -2.15. The van der Waals surface area contributed by atoms with Crippen molar-refractivity contribution in [3.8, 4) is 0 Å². The van der Waals surface area contributed by atoms with E-state index in [1.54, 1.807) is 13.8 Å². The fourth-order valence-corrected chi connectivity index (χ4v) is 1.81. The van der Waals surface area contributed by atoms with E-state index in [1.807, 2.05) is 0 Å². The molecule has 0 aromatic heterocycles. The van der Waals surface area contributed by atoms with Crippen LogP contribution in [-0.2, 0) is 10.0 Å². The van der Waals surface area contributed by atoms with E-state index < -0.39 is 15.3 Å². The van der Waals surface area contributed by atoms with Gasteiger partial charge in [0.25, 0.3) is 0 Å². The largest absolute Gasteiger partial charge is 0.329 e. The molecular weight excluding hydrogens is 152 g/mol. The number of nitrogens with two attached hydrogens (primary N) is 2. The molecule has 0 fully saturated rings. The first-order valence-corrected chi connectivity index (χ1v) is 4.72. The highest BCUT2D eigenvalue weighted by atomic mass is 32.2. The van der Waals surface area contributed by atoms with Gasteiger partial charge in [-0.1, -0.05) is 13.8 Å². The normalized spacial score (nSPS) is 15.7. The Morgan fingerprint density at radius 3 is 1.80 bits per heavy atom. The van der Waals surface area contributed by atoms with Crippen LogP contribution in [0.1, 0.15) is 13.8 Å². The first kappa shape index (κ1) is 9.87. The van der Waals surface area contributed by atoms with Gasteiger partial charge in [0.05, 0.1) is 5.25 Å². The van der Waals surface area contributed by atoms with Crippen LogP contribution in [0.2, 0.25) is 0 Å². The van der Waals surface area contributed by atoms with Crippen molar-refractivity contribution in [2.24, 2.45) is 16.8 Å². The third-order valence-electron chi connectivity index (χ3n) is 1.40. The van der Waals surface area contributed by atoms with E-state index in [0.29, 0.717) is 0 Å². The Morgan fingerprint density at radius 2 is 1.80 bits per heavy atom. The third-order valence-corrected chi connectivity index (χ3v) is 2.98. The first-order valence-electron chi connectivity index (χ1n) is 3.11. The van der Waals surface area contributed by atoms with E-state index in [2.05, 4.69) is 0 Å². The lowest BCUT2D eigenvalue weighted by atomic mass is 10.1. The van der Waals surface area contributed by atoms with Crippen molar-refractivity contribution in [2.75, 3.05) is 6.54 Å². The van der Waals surface area contributed by atoms with Crippen molar-refractivity contribution in [3.05, 3.63) is 0 Å². The van der Waals surface area contributed by atoms with Crippen LogP contribution < -0.4 is 10.9 Å². The SMILES string of the molecule is CC(C)[C@@H](CN)S(N)(=O)=O. The van der Waals surface area contributed by atoms with E-state index in [4.69, 9.17) is 10.9 Å². The van der Waals surface area contributed by atoms with Gasteiger partial charge in [-0.05, 0) is 5.92 Å². The summed E-state index contributed by atoms with van der Waals surface area (Å²) < 4.78 is 21.4. The molecule has 0 aromatic rings. The summed E-state index contributed by atoms with van der Waals surface area (Å²) in [5, 5.41) is 4.28. The van der Waals surface area contributed by atoms with Gasteiger partial charge in [-0.25, -0.2) is 13.6 Å². The molecule has 0 rings (SSSR count). The van der Waals surface area contributed by atoms with Gasteiger partial charge < -0.3 is 5.73 Å². The van der Waals surface area contributed by atoms with Crippen molar-refractivity contribution in [3.63, 3.8) is 0 Å². The van der Waals surface area contributed by atoms with Crippen LogP contribution in [0.5, 0.6) is 0 Å². The van der Waals surface area contributed by atoms with Crippen molar-refractivity contribution < 1.29 is 8.42 Å². The second-order valence-corrected chi connectivity index (χ2v) is 4.39. The van der Waals surface area contributed by atoms with Crippen LogP contribution in [0.15, 0.2) is 0 Å². The molecule has 0 aliphatic carbocycles. The van der Waals surface area contributed by atoms with Crippen LogP contribution in [0.3, 0.4) is 0 Å². The Balaban J connectivity index is 4.38. The maximum Gasteiger partial charge on any atom is 0.213 e. The standard InChI is InChI=1S/C5H14N2O2S/c1-4(2)5(3-6)10(7,8)9/h4-5H,3,6H2,1-2H3,(H2,7,8,9)/t5-/m1/s1. The van der Waals surface area contributed by atoms with Gasteiger partial charge in [-0.2, -0.15) is 0 Å². The molecule has 0 amide bonds. The van der Waals surface area contributed by atoms with Gasteiger partial charge in [0, 0.05) is 6.54 Å². The summed E-state index contributed by atoms with van der Waals surface area (Å²) in [4.78, 5) is 0. The molecule has 0 aromatic carbocycles. The van der Waals surface area contributed by atoms with Crippen LogP contribution in [0.4, 0.5) is 0 Å². The van der Waals surface area contributed by atoms with Crippen LogP contribution in [0.25, 0.3) is 0 Å². The average molecular weight is 166 g/mol. The Morgan fingerprint density at radius 1 is 1.40 bits per heavy atom. The molecule has 0 radical (unpaired) electrons. The van der Waals surface area contributed by atoms with Gasteiger partial charge in [-0.15, -0.1) is 0 Å². The molecule has 0 aliphatic heterocycles. The molecule has 5 heteroatoms. The second kappa shape index (κ2) is 3.32. The highest BCUT2D eigenvalue weighted by Crippen LogP contribution is 2.06. The summed E-state index contributed by atoms with van der Waals surface area (Å²) in [5.74, 6) is -0.0139. The Kier molecular flexibility index (Phi) is 3.27. The maximum absolute atomic E-state index is 10.7. The van der Waals surface area contributed by atoms with Crippen molar-refractivity contribution in [2.45, 2.75) is 19.1 Å². The predicted octanol–water partition coefficient (Wildman–Crippen LogP) is -0.742. The topological polar surface area (TPSA) is 86.2 Å². The molecule has 0 saturated carbocycles. The smallest absolute Gasteiger partial charge is 0.213 e. The highest BCUT2D eigenvalue weighted by Gasteiger charge is 2.22. The molecule has 0 heterocycles. The molecule has 1 atom stereocenters. The van der Waals surface area contributed by atoms with Crippen molar-refractivity contribution in [1.82, 2.24) is 0 Å². The summed E-state index contributed by atoms with van der Waals surface area (Å²) in [6, 6.07) is 0. The Labute approximate surface area is 61.6 Å². The number of rotatable bonds is 3. The molecule has 0 saturated heterocycles. The summed E-state index contributed by atoms with van der Waals surface area (Å²) in [5.41, 5.74) is 5.20. The van der Waals surface area contributed by atoms with E-state index >= 15 is 0 Å². The molecule has 4 nitrogen and oxygen atoms in total. The lowest BCUT2D eigenvalue weighted by Crippen LogP contribution is -2.38. The van der Waals surface area contributed by atoms with E-state index in [9.17, 15) is 8.42 Å². The Hall–Kier alpha value is -0.130. The fourth-order valence-electron chi connectivity index (χ4n) is 0.786. The lowest BCUT2D eigenvalue weighted by molar-refractivity contribution is 0.534. The summed E-state index contributed by atoms with van der Waals surface area (Å²) in [7, 11) is -3.44. The van der Waals surface area contributed by atoms with Crippen LogP contribution in [0, 0.1) is 5.92 Å². The minimum atomic E-state index is -3.44. The Bertz CT molecular complexity index is 186. The van der Waals surface area contributed by atoms with E-state index in [1.165, 1.54) is 0 Å². The average Bonchev–Trinajstić information content (AvgIpc) is 1.60. The van der Waals surface area contributed by atoms with Gasteiger partial charge in [0.1, 0.15) is 0 Å². The summed E-state index contributed by atoms with van der Waals surface area (Å²) in [6.45, 7) is 3.65. The maximum atomic E-state index is 10.7. The number of hydrogen-bond donors (Lipinski definition) is 2. The zero-order chi connectivity index (χ0) is 8.36. The molecule has 0 aliphatic rings. The third kappa shape index (κ3) is 2.64. The molecular formula is C5H14N2O2S. The monoisotopic (exact) mass is 166 g/mol. The van der Waals surface area contributed by atoms with Gasteiger partial charge in [0.15, 0.2) is 0 Å². The molecule has 0 unspecified atom stereocenters. The van der Waals surface area contributed by atoms with E-state index in [0.717, 1.165) is 0 Å². The van der Waals surface area contributed by atoms with Crippen LogP contribution >= 0.6 is 0 Å². The van der Waals surface area contributed by atoms with Gasteiger partial charge in [0.2, 0.25) is 10.0 Å². The molecule has 4 N–H and O–H groups in total. The van der Waals surface area contributed by atoms with Gasteiger partial charge in [-0.3, -0.25) is 0 Å². The van der Waals surface area contributed by atoms with Gasteiger partial charge >= 0.3 is 0 Å². The fraction of sp³-hybridized carbons (Fsp3) is 1.00. The van der Waals surface area contributed by atoms with Crippen LogP contribution in [-0.4, -0.2) is 20.2 Å². The quantitative estimate of drug-likeness (QED) is 0.579. The molecule has 0 bridgehead atoms. The zero-order valence-electron chi connectivity index (χ0n) is 6.24. The highest BCUT2D eigenvalue weighted by molar-refractivity contribution is 7.89. The summed E-state index contributed by atoms with van der Waals surface area (Å²) in [6.07, 6.45) is 0. The molecule has 0 spiro atoms.